The van der Waals surface area contributed by atoms with Gasteiger partial charge in [-0.25, -0.2) is 21.1 Å². The second kappa shape index (κ2) is 9.08. The lowest BCUT2D eigenvalue weighted by molar-refractivity contribution is 0.0921. The number of hydrogen-bond acceptors (Lipinski definition) is 5. The highest BCUT2D eigenvalue weighted by molar-refractivity contribution is 7.89. The Balaban J connectivity index is 2.24. The maximum Gasteiger partial charge on any atom is 0.253 e. The van der Waals surface area contributed by atoms with Gasteiger partial charge in [-0.1, -0.05) is 25.4 Å². The van der Waals surface area contributed by atoms with Crippen LogP contribution in [0.15, 0.2) is 23.1 Å². The van der Waals surface area contributed by atoms with Crippen LogP contribution in [0.1, 0.15) is 37.0 Å². The summed E-state index contributed by atoms with van der Waals surface area (Å²) in [4.78, 5) is 12.7. The highest BCUT2D eigenvalue weighted by Gasteiger charge is 2.28. The van der Waals surface area contributed by atoms with E-state index in [0.717, 1.165) is 6.26 Å². The fourth-order valence-electron chi connectivity index (χ4n) is 3.18. The minimum atomic E-state index is -3.73. The minimum Gasteiger partial charge on any atom is -0.348 e. The van der Waals surface area contributed by atoms with Crippen LogP contribution in [0.3, 0.4) is 0 Å². The standard InChI is InChI=1S/C17H26ClN3O5S2/c1-4-20(5-2)28(25,26)14-8-9-16(18)15(11-14)17(22)19-13-7-6-10-21(12-13)27(3,23)24/h8-9,11,13H,4-7,10,12H2,1-3H3,(H,19,22). The zero-order chi connectivity index (χ0) is 21.1. The van der Waals surface area contributed by atoms with E-state index in [4.69, 9.17) is 11.6 Å². The van der Waals surface area contributed by atoms with Crippen LogP contribution < -0.4 is 5.32 Å². The molecule has 8 nitrogen and oxygen atoms in total. The zero-order valence-corrected chi connectivity index (χ0v) is 18.6. The maximum absolute atomic E-state index is 12.7. The van der Waals surface area contributed by atoms with Crippen molar-refractivity contribution < 1.29 is 21.6 Å². The largest absolute Gasteiger partial charge is 0.348 e. The molecule has 2 rings (SSSR count). The Morgan fingerprint density at radius 3 is 2.46 bits per heavy atom. The molecule has 1 heterocycles. The van der Waals surface area contributed by atoms with E-state index in [2.05, 4.69) is 5.32 Å². The van der Waals surface area contributed by atoms with Crippen LogP contribution >= 0.6 is 11.6 Å². The molecule has 1 atom stereocenters. The molecule has 1 N–H and O–H groups in total. The van der Waals surface area contributed by atoms with Crippen molar-refractivity contribution in [2.45, 2.75) is 37.6 Å². The summed E-state index contributed by atoms with van der Waals surface area (Å²) >= 11 is 6.13. The van der Waals surface area contributed by atoms with Gasteiger partial charge in [0.2, 0.25) is 20.0 Å². The van der Waals surface area contributed by atoms with Crippen molar-refractivity contribution in [2.75, 3.05) is 32.4 Å². The van der Waals surface area contributed by atoms with E-state index in [0.29, 0.717) is 32.5 Å². The summed E-state index contributed by atoms with van der Waals surface area (Å²) in [6.07, 6.45) is 2.39. The van der Waals surface area contributed by atoms with E-state index in [1.165, 1.54) is 26.8 Å². The first-order valence-corrected chi connectivity index (χ1v) is 12.7. The second-order valence-electron chi connectivity index (χ2n) is 6.66. The van der Waals surface area contributed by atoms with Crippen LogP contribution in [0.2, 0.25) is 5.02 Å². The van der Waals surface area contributed by atoms with E-state index in [1.807, 2.05) is 0 Å². The predicted molar refractivity (Wildman–Crippen MR) is 108 cm³/mol. The summed E-state index contributed by atoms with van der Waals surface area (Å²) in [7, 11) is -7.07. The van der Waals surface area contributed by atoms with Gasteiger partial charge in [0.15, 0.2) is 0 Å². The topological polar surface area (TPSA) is 104 Å². The lowest BCUT2D eigenvalue weighted by Gasteiger charge is -2.31. The molecule has 1 unspecified atom stereocenters. The molecular weight excluding hydrogens is 426 g/mol. The van der Waals surface area contributed by atoms with Crippen LogP contribution in [-0.2, 0) is 20.0 Å². The van der Waals surface area contributed by atoms with Crippen LogP contribution in [0.25, 0.3) is 0 Å². The number of carbonyl (C=O) groups excluding carboxylic acids is 1. The molecule has 0 radical (unpaired) electrons. The van der Waals surface area contributed by atoms with E-state index in [-0.39, 0.29) is 28.1 Å². The first kappa shape index (κ1) is 23.1. The van der Waals surface area contributed by atoms with Crippen LogP contribution in [-0.4, -0.2) is 69.8 Å². The highest BCUT2D eigenvalue weighted by atomic mass is 35.5. The third-order valence-electron chi connectivity index (χ3n) is 4.71. The molecule has 0 aliphatic carbocycles. The van der Waals surface area contributed by atoms with Gasteiger partial charge < -0.3 is 5.32 Å². The molecular formula is C17H26ClN3O5S2. The molecule has 1 amide bonds. The van der Waals surface area contributed by atoms with Crippen LogP contribution in [0.5, 0.6) is 0 Å². The van der Waals surface area contributed by atoms with Crippen molar-refractivity contribution >= 4 is 37.6 Å². The van der Waals surface area contributed by atoms with E-state index in [1.54, 1.807) is 13.8 Å². The summed E-state index contributed by atoms with van der Waals surface area (Å²) in [5, 5.41) is 2.91. The summed E-state index contributed by atoms with van der Waals surface area (Å²) in [5.41, 5.74) is 0.0476. The third-order valence-corrected chi connectivity index (χ3v) is 8.36. The van der Waals surface area contributed by atoms with Crippen molar-refractivity contribution in [3.63, 3.8) is 0 Å². The van der Waals surface area contributed by atoms with Gasteiger partial charge in [-0.15, -0.1) is 0 Å². The highest BCUT2D eigenvalue weighted by Crippen LogP contribution is 2.23. The molecule has 1 saturated heterocycles. The number of nitrogens with one attached hydrogen (secondary N) is 1. The predicted octanol–water partition coefficient (Wildman–Crippen LogP) is 1.52. The van der Waals surface area contributed by atoms with Crippen molar-refractivity contribution in [1.29, 1.82) is 0 Å². The van der Waals surface area contributed by atoms with Gasteiger partial charge in [0.1, 0.15) is 0 Å². The lowest BCUT2D eigenvalue weighted by Crippen LogP contribution is -2.49. The number of carbonyl (C=O) groups is 1. The Kier molecular flexibility index (Phi) is 7.49. The number of benzene rings is 1. The fourth-order valence-corrected chi connectivity index (χ4v) is 5.78. The molecule has 28 heavy (non-hydrogen) atoms. The molecule has 1 fully saturated rings. The smallest absolute Gasteiger partial charge is 0.253 e. The van der Waals surface area contributed by atoms with Gasteiger partial charge in [-0.3, -0.25) is 4.79 Å². The average molecular weight is 452 g/mol. The first-order chi connectivity index (χ1) is 13.0. The van der Waals surface area contributed by atoms with Crippen LogP contribution in [0.4, 0.5) is 0 Å². The van der Waals surface area contributed by atoms with Gasteiger partial charge in [0, 0.05) is 32.2 Å². The zero-order valence-electron chi connectivity index (χ0n) is 16.2. The lowest BCUT2D eigenvalue weighted by atomic mass is 10.1. The summed E-state index contributed by atoms with van der Waals surface area (Å²) in [6, 6.07) is 3.66. The van der Waals surface area contributed by atoms with Gasteiger partial charge in [-0.05, 0) is 31.0 Å². The van der Waals surface area contributed by atoms with Gasteiger partial charge in [0.05, 0.1) is 21.7 Å². The first-order valence-electron chi connectivity index (χ1n) is 9.06. The molecule has 1 aliphatic heterocycles. The SMILES string of the molecule is CCN(CC)S(=O)(=O)c1ccc(Cl)c(C(=O)NC2CCCN(S(C)(=O)=O)C2)c1. The second-order valence-corrected chi connectivity index (χ2v) is 11.0. The van der Waals surface area contributed by atoms with Gasteiger partial charge in [-0.2, -0.15) is 4.31 Å². The Hall–Kier alpha value is -1.20. The number of halogens is 1. The Bertz CT molecular complexity index is 930. The molecule has 0 aromatic heterocycles. The average Bonchev–Trinajstić information content (AvgIpc) is 2.62. The van der Waals surface area contributed by atoms with Crippen molar-refractivity contribution in [3.05, 3.63) is 28.8 Å². The molecule has 11 heteroatoms. The molecule has 1 aromatic carbocycles. The van der Waals surface area contributed by atoms with E-state index >= 15 is 0 Å². The Morgan fingerprint density at radius 1 is 1.25 bits per heavy atom. The van der Waals surface area contributed by atoms with E-state index in [9.17, 15) is 21.6 Å². The van der Waals surface area contributed by atoms with Crippen molar-refractivity contribution in [1.82, 2.24) is 13.9 Å². The quantitative estimate of drug-likeness (QED) is 0.676. The summed E-state index contributed by atoms with van der Waals surface area (Å²) in [5.74, 6) is -0.526. The number of amides is 1. The van der Waals surface area contributed by atoms with E-state index < -0.39 is 26.0 Å². The molecule has 158 valence electrons. The maximum atomic E-state index is 12.7. The molecule has 1 aliphatic rings. The Labute approximate surface area is 171 Å². The monoisotopic (exact) mass is 451 g/mol. The summed E-state index contributed by atoms with van der Waals surface area (Å²) in [6.45, 7) is 4.70. The normalized spacial score (nSPS) is 19.0. The van der Waals surface area contributed by atoms with Gasteiger partial charge >= 0.3 is 0 Å². The molecule has 0 spiro atoms. The summed E-state index contributed by atoms with van der Waals surface area (Å²) < 4.78 is 51.5. The third kappa shape index (κ3) is 5.24. The number of nitrogens with zero attached hydrogens (tertiary/aromatic N) is 2. The molecule has 1 aromatic rings. The minimum absolute atomic E-state index is 0.00726. The van der Waals surface area contributed by atoms with Crippen molar-refractivity contribution in [3.8, 4) is 0 Å². The number of rotatable bonds is 7. The van der Waals surface area contributed by atoms with Gasteiger partial charge in [0.25, 0.3) is 5.91 Å². The van der Waals surface area contributed by atoms with Crippen LogP contribution in [0, 0.1) is 0 Å². The number of piperidine rings is 1. The van der Waals surface area contributed by atoms with Crippen molar-refractivity contribution in [2.24, 2.45) is 0 Å². The molecule has 0 saturated carbocycles. The number of sulfonamides is 2. The Morgan fingerprint density at radius 2 is 1.89 bits per heavy atom. The molecule has 0 bridgehead atoms. The fraction of sp³-hybridized carbons (Fsp3) is 0.588. The number of hydrogen-bond donors (Lipinski definition) is 1.